The van der Waals surface area contributed by atoms with E-state index in [2.05, 4.69) is 4.72 Å². The monoisotopic (exact) mass is 361 g/mol. The minimum absolute atomic E-state index is 0.120. The Labute approximate surface area is 148 Å². The molecule has 134 valence electrons. The highest BCUT2D eigenvalue weighted by atomic mass is 32.2. The third-order valence-corrected chi connectivity index (χ3v) is 5.29. The number of carboxylic acids is 1. The molecule has 0 spiro atoms. The van der Waals surface area contributed by atoms with Gasteiger partial charge in [-0.1, -0.05) is 43.7 Å². The van der Waals surface area contributed by atoms with Crippen LogP contribution in [0.1, 0.15) is 41.3 Å². The van der Waals surface area contributed by atoms with E-state index in [0.29, 0.717) is 24.9 Å². The Hall–Kier alpha value is -2.34. The fraction of sp³-hybridized carbons (Fsp3) is 0.316. The van der Waals surface area contributed by atoms with Gasteiger partial charge in [0.2, 0.25) is 10.0 Å². The molecular formula is C19H23NO4S. The number of sulfonamides is 1. The second-order valence-electron chi connectivity index (χ2n) is 5.93. The maximum absolute atomic E-state index is 12.1. The molecule has 2 aromatic rings. The normalized spacial score (nSPS) is 11.2. The maximum Gasteiger partial charge on any atom is 0.335 e. The average molecular weight is 361 g/mol. The maximum atomic E-state index is 12.1. The summed E-state index contributed by atoms with van der Waals surface area (Å²) >= 11 is 0. The SMILES string of the molecule is CCCCS(=O)(=O)Nc1ccccc1CCc1ccc(C(=O)O)cc1. The van der Waals surface area contributed by atoms with Gasteiger partial charge in [-0.15, -0.1) is 0 Å². The summed E-state index contributed by atoms with van der Waals surface area (Å²) in [6.07, 6.45) is 2.83. The molecule has 2 aromatic carbocycles. The number of hydrogen-bond acceptors (Lipinski definition) is 3. The molecule has 0 aliphatic carbocycles. The van der Waals surface area contributed by atoms with E-state index in [9.17, 15) is 13.2 Å². The van der Waals surface area contributed by atoms with Crippen molar-refractivity contribution < 1.29 is 18.3 Å². The molecule has 0 unspecified atom stereocenters. The molecular weight excluding hydrogens is 338 g/mol. The predicted molar refractivity (Wildman–Crippen MR) is 99.6 cm³/mol. The topological polar surface area (TPSA) is 83.5 Å². The molecule has 0 aromatic heterocycles. The molecule has 0 bridgehead atoms. The number of nitrogens with one attached hydrogen (secondary N) is 1. The van der Waals surface area contributed by atoms with Crippen LogP contribution < -0.4 is 4.72 Å². The van der Waals surface area contributed by atoms with Gasteiger partial charge in [0.05, 0.1) is 17.0 Å². The van der Waals surface area contributed by atoms with Crippen LogP contribution in [-0.4, -0.2) is 25.2 Å². The Morgan fingerprint density at radius 2 is 1.72 bits per heavy atom. The highest BCUT2D eigenvalue weighted by molar-refractivity contribution is 7.92. The van der Waals surface area contributed by atoms with Gasteiger partial charge in [-0.3, -0.25) is 4.72 Å². The van der Waals surface area contributed by atoms with Crippen LogP contribution in [0.25, 0.3) is 0 Å². The van der Waals surface area contributed by atoms with Crippen molar-refractivity contribution >= 4 is 21.7 Å². The zero-order valence-corrected chi connectivity index (χ0v) is 15.1. The Morgan fingerprint density at radius 3 is 2.36 bits per heavy atom. The molecule has 0 fully saturated rings. The second kappa shape index (κ2) is 8.67. The van der Waals surface area contributed by atoms with Gasteiger partial charge in [-0.2, -0.15) is 0 Å². The molecule has 0 heterocycles. The number of para-hydroxylation sites is 1. The Bertz CT molecular complexity index is 814. The zero-order chi connectivity index (χ0) is 18.3. The summed E-state index contributed by atoms with van der Waals surface area (Å²) in [5, 5.41) is 8.92. The van der Waals surface area contributed by atoms with Crippen LogP contribution in [0.5, 0.6) is 0 Å². The fourth-order valence-corrected chi connectivity index (χ4v) is 3.79. The molecule has 5 nitrogen and oxygen atoms in total. The summed E-state index contributed by atoms with van der Waals surface area (Å²) in [5.74, 6) is -0.826. The summed E-state index contributed by atoms with van der Waals surface area (Å²) in [6, 6.07) is 14.1. The lowest BCUT2D eigenvalue weighted by Crippen LogP contribution is -2.17. The quantitative estimate of drug-likeness (QED) is 0.713. The summed E-state index contributed by atoms with van der Waals surface area (Å²) in [6.45, 7) is 1.96. The van der Waals surface area contributed by atoms with Crippen LogP contribution in [0.2, 0.25) is 0 Å². The largest absolute Gasteiger partial charge is 0.478 e. The van der Waals surface area contributed by atoms with E-state index in [1.54, 1.807) is 30.3 Å². The number of benzene rings is 2. The summed E-state index contributed by atoms with van der Waals surface area (Å²) < 4.78 is 26.9. The Morgan fingerprint density at radius 1 is 1.04 bits per heavy atom. The van der Waals surface area contributed by atoms with Crippen molar-refractivity contribution in [3.05, 3.63) is 65.2 Å². The van der Waals surface area contributed by atoms with Gasteiger partial charge in [-0.05, 0) is 48.6 Å². The van der Waals surface area contributed by atoms with Crippen molar-refractivity contribution in [3.8, 4) is 0 Å². The molecule has 0 radical (unpaired) electrons. The molecule has 2 rings (SSSR count). The van der Waals surface area contributed by atoms with E-state index >= 15 is 0 Å². The van der Waals surface area contributed by atoms with Crippen LogP contribution in [0.3, 0.4) is 0 Å². The van der Waals surface area contributed by atoms with Crippen LogP contribution in [0.4, 0.5) is 5.69 Å². The molecule has 0 saturated carbocycles. The first-order chi connectivity index (χ1) is 11.9. The highest BCUT2D eigenvalue weighted by Gasteiger charge is 2.12. The number of carboxylic acid groups (broad SMARTS) is 1. The molecule has 0 amide bonds. The number of anilines is 1. The number of carbonyl (C=O) groups is 1. The minimum atomic E-state index is -3.33. The van der Waals surface area contributed by atoms with E-state index in [4.69, 9.17) is 5.11 Å². The highest BCUT2D eigenvalue weighted by Crippen LogP contribution is 2.19. The van der Waals surface area contributed by atoms with Crippen molar-refractivity contribution in [2.45, 2.75) is 32.6 Å². The number of aromatic carboxylic acids is 1. The first-order valence-corrected chi connectivity index (χ1v) is 9.97. The van der Waals surface area contributed by atoms with Gasteiger partial charge in [-0.25, -0.2) is 13.2 Å². The lowest BCUT2D eigenvalue weighted by atomic mass is 10.0. The van der Waals surface area contributed by atoms with Crippen LogP contribution in [0.15, 0.2) is 48.5 Å². The van der Waals surface area contributed by atoms with E-state index in [1.807, 2.05) is 25.1 Å². The summed E-state index contributed by atoms with van der Waals surface area (Å²) in [4.78, 5) is 10.9. The molecule has 0 aliphatic heterocycles. The van der Waals surface area contributed by atoms with E-state index in [1.165, 1.54) is 0 Å². The predicted octanol–water partition coefficient (Wildman–Crippen LogP) is 3.71. The molecule has 6 heteroatoms. The van der Waals surface area contributed by atoms with Crippen molar-refractivity contribution in [2.75, 3.05) is 10.5 Å². The standard InChI is InChI=1S/C19H23NO4S/c1-2-3-14-25(23,24)20-18-7-5-4-6-16(18)11-8-15-9-12-17(13-10-15)19(21)22/h4-7,9-10,12-13,20H,2-3,8,11,14H2,1H3,(H,21,22). The minimum Gasteiger partial charge on any atom is -0.478 e. The number of aryl methyl sites for hydroxylation is 2. The van der Waals surface area contributed by atoms with E-state index < -0.39 is 16.0 Å². The second-order valence-corrected chi connectivity index (χ2v) is 7.78. The van der Waals surface area contributed by atoms with Gasteiger partial charge in [0.25, 0.3) is 0 Å². The fourth-order valence-electron chi connectivity index (χ4n) is 2.48. The molecule has 0 aliphatic rings. The first-order valence-electron chi connectivity index (χ1n) is 8.32. The first kappa shape index (κ1) is 19.0. The third-order valence-electron chi connectivity index (χ3n) is 3.93. The lowest BCUT2D eigenvalue weighted by molar-refractivity contribution is 0.0697. The van der Waals surface area contributed by atoms with Crippen LogP contribution in [0, 0.1) is 0 Å². The van der Waals surface area contributed by atoms with Crippen molar-refractivity contribution in [1.82, 2.24) is 0 Å². The van der Waals surface area contributed by atoms with Crippen molar-refractivity contribution in [1.29, 1.82) is 0 Å². The van der Waals surface area contributed by atoms with E-state index in [0.717, 1.165) is 17.5 Å². The van der Waals surface area contributed by atoms with Gasteiger partial charge in [0, 0.05) is 0 Å². The summed E-state index contributed by atoms with van der Waals surface area (Å²) in [7, 11) is -3.33. The van der Waals surface area contributed by atoms with Gasteiger partial charge in [0.15, 0.2) is 0 Å². The van der Waals surface area contributed by atoms with Crippen LogP contribution in [-0.2, 0) is 22.9 Å². The smallest absolute Gasteiger partial charge is 0.335 e. The molecule has 0 saturated heterocycles. The van der Waals surface area contributed by atoms with E-state index in [-0.39, 0.29) is 11.3 Å². The van der Waals surface area contributed by atoms with Gasteiger partial charge in [0.1, 0.15) is 0 Å². The Kier molecular flexibility index (Phi) is 6.58. The molecule has 25 heavy (non-hydrogen) atoms. The third kappa shape index (κ3) is 5.90. The number of rotatable bonds is 9. The van der Waals surface area contributed by atoms with Gasteiger partial charge >= 0.3 is 5.97 Å². The van der Waals surface area contributed by atoms with Gasteiger partial charge < -0.3 is 5.11 Å². The Balaban J connectivity index is 2.06. The molecule has 2 N–H and O–H groups in total. The zero-order valence-electron chi connectivity index (χ0n) is 14.2. The van der Waals surface area contributed by atoms with Crippen molar-refractivity contribution in [3.63, 3.8) is 0 Å². The van der Waals surface area contributed by atoms with Crippen LogP contribution >= 0.6 is 0 Å². The molecule has 0 atom stereocenters. The average Bonchev–Trinajstić information content (AvgIpc) is 2.59. The number of unbranched alkanes of at least 4 members (excludes halogenated alkanes) is 1. The number of hydrogen-bond donors (Lipinski definition) is 2. The summed E-state index contributed by atoms with van der Waals surface area (Å²) in [5.41, 5.74) is 2.80. The lowest BCUT2D eigenvalue weighted by Gasteiger charge is -2.12. The van der Waals surface area contributed by atoms with Crippen molar-refractivity contribution in [2.24, 2.45) is 0 Å².